The molecule has 1 unspecified atom stereocenters. The summed E-state index contributed by atoms with van der Waals surface area (Å²) in [5.41, 5.74) is 1.82. The van der Waals surface area contributed by atoms with Crippen molar-refractivity contribution in [2.75, 3.05) is 5.32 Å². The first kappa shape index (κ1) is 12.0. The first-order valence-electron chi connectivity index (χ1n) is 5.52. The Morgan fingerprint density at radius 1 is 1.35 bits per heavy atom. The van der Waals surface area contributed by atoms with Crippen LogP contribution in [-0.4, -0.2) is 4.98 Å². The summed E-state index contributed by atoms with van der Waals surface area (Å²) in [6.45, 7) is 6.09. The number of thiazole rings is 1. The molecule has 1 aromatic heterocycles. The Kier molecular flexibility index (Phi) is 3.43. The summed E-state index contributed by atoms with van der Waals surface area (Å²) in [5.74, 6) is -0.228. The summed E-state index contributed by atoms with van der Waals surface area (Å²) in [6.07, 6.45) is 0. The van der Waals surface area contributed by atoms with E-state index in [0.717, 1.165) is 16.4 Å². The predicted molar refractivity (Wildman–Crippen MR) is 70.0 cm³/mol. The van der Waals surface area contributed by atoms with Gasteiger partial charge in [0.15, 0.2) is 0 Å². The molecule has 0 aliphatic carbocycles. The van der Waals surface area contributed by atoms with Crippen molar-refractivity contribution in [3.8, 4) is 0 Å². The van der Waals surface area contributed by atoms with E-state index in [2.05, 4.69) is 17.2 Å². The zero-order chi connectivity index (χ0) is 12.4. The highest BCUT2D eigenvalue weighted by molar-refractivity contribution is 7.11. The molecule has 0 amide bonds. The lowest BCUT2D eigenvalue weighted by Crippen LogP contribution is -2.08. The average Bonchev–Trinajstić information content (AvgIpc) is 2.58. The molecule has 0 saturated heterocycles. The maximum atomic E-state index is 13.0. The number of hydrogen-bond donors (Lipinski definition) is 1. The molecule has 0 radical (unpaired) electrons. The molecule has 1 aromatic carbocycles. The Morgan fingerprint density at radius 3 is 2.71 bits per heavy atom. The van der Waals surface area contributed by atoms with E-state index in [1.165, 1.54) is 17.0 Å². The smallest absolute Gasteiger partial charge is 0.125 e. The van der Waals surface area contributed by atoms with E-state index in [1.54, 1.807) is 17.4 Å². The third kappa shape index (κ3) is 2.82. The van der Waals surface area contributed by atoms with Crippen molar-refractivity contribution in [2.45, 2.75) is 26.8 Å². The maximum absolute atomic E-state index is 13.0. The molecular weight excluding hydrogens is 235 g/mol. The summed E-state index contributed by atoms with van der Waals surface area (Å²) >= 11 is 1.69. The van der Waals surface area contributed by atoms with Crippen LogP contribution in [0.3, 0.4) is 0 Å². The number of anilines is 1. The van der Waals surface area contributed by atoms with E-state index in [0.29, 0.717) is 0 Å². The van der Waals surface area contributed by atoms with Crippen molar-refractivity contribution in [1.29, 1.82) is 0 Å². The molecule has 0 saturated carbocycles. The minimum Gasteiger partial charge on any atom is -0.377 e. The Balaban J connectivity index is 2.16. The number of nitrogens with one attached hydrogen (secondary N) is 1. The van der Waals surface area contributed by atoms with Crippen LogP contribution >= 0.6 is 11.3 Å². The van der Waals surface area contributed by atoms with Gasteiger partial charge in [-0.3, -0.25) is 0 Å². The Hall–Kier alpha value is -1.42. The van der Waals surface area contributed by atoms with Gasteiger partial charge in [0.25, 0.3) is 0 Å². The van der Waals surface area contributed by atoms with Gasteiger partial charge in [-0.1, -0.05) is 6.07 Å². The summed E-state index contributed by atoms with van der Waals surface area (Å²) in [7, 11) is 0. The van der Waals surface area contributed by atoms with Crippen molar-refractivity contribution < 1.29 is 4.39 Å². The van der Waals surface area contributed by atoms with Crippen LogP contribution in [0.25, 0.3) is 0 Å². The number of aryl methyl sites for hydroxylation is 2. The van der Waals surface area contributed by atoms with Crippen molar-refractivity contribution in [3.05, 3.63) is 45.7 Å². The predicted octanol–water partition coefficient (Wildman–Crippen LogP) is 4.07. The molecule has 17 heavy (non-hydrogen) atoms. The van der Waals surface area contributed by atoms with Crippen LogP contribution in [0, 0.1) is 19.7 Å². The van der Waals surface area contributed by atoms with Crippen LogP contribution in [0.5, 0.6) is 0 Å². The van der Waals surface area contributed by atoms with Gasteiger partial charge in [0, 0.05) is 10.6 Å². The quantitative estimate of drug-likeness (QED) is 0.888. The largest absolute Gasteiger partial charge is 0.377 e. The highest BCUT2D eigenvalue weighted by Gasteiger charge is 2.12. The van der Waals surface area contributed by atoms with Gasteiger partial charge in [-0.2, -0.15) is 0 Å². The number of aromatic nitrogens is 1. The average molecular weight is 250 g/mol. The van der Waals surface area contributed by atoms with E-state index in [4.69, 9.17) is 0 Å². The number of benzene rings is 1. The third-order valence-corrected chi connectivity index (χ3v) is 3.46. The molecule has 2 nitrogen and oxygen atoms in total. The Morgan fingerprint density at radius 2 is 2.12 bits per heavy atom. The summed E-state index contributed by atoms with van der Waals surface area (Å²) < 4.78 is 13.0. The minimum absolute atomic E-state index is 0.0850. The highest BCUT2D eigenvalue weighted by atomic mass is 32.1. The molecule has 1 heterocycles. The second-order valence-corrected chi connectivity index (χ2v) is 5.46. The van der Waals surface area contributed by atoms with Gasteiger partial charge in [-0.25, -0.2) is 9.37 Å². The Labute approximate surface area is 105 Å². The molecule has 90 valence electrons. The minimum atomic E-state index is -0.228. The van der Waals surface area contributed by atoms with E-state index < -0.39 is 0 Å². The van der Waals surface area contributed by atoms with Gasteiger partial charge in [0.2, 0.25) is 0 Å². The molecule has 1 atom stereocenters. The van der Waals surface area contributed by atoms with Crippen LogP contribution in [0.4, 0.5) is 10.1 Å². The normalized spacial score (nSPS) is 12.5. The van der Waals surface area contributed by atoms with Gasteiger partial charge in [-0.05, 0) is 39.0 Å². The summed E-state index contributed by atoms with van der Waals surface area (Å²) in [6, 6.07) is 6.57. The van der Waals surface area contributed by atoms with Crippen LogP contribution in [0.2, 0.25) is 0 Å². The lowest BCUT2D eigenvalue weighted by atomic mass is 10.2. The molecule has 0 fully saturated rings. The van der Waals surface area contributed by atoms with Crippen LogP contribution < -0.4 is 5.32 Å². The van der Waals surface area contributed by atoms with Crippen molar-refractivity contribution >= 4 is 17.0 Å². The second-order valence-electron chi connectivity index (χ2n) is 4.05. The number of halogens is 1. The molecular formula is C13H15FN2S. The van der Waals surface area contributed by atoms with Crippen LogP contribution in [-0.2, 0) is 0 Å². The molecule has 0 spiro atoms. The van der Waals surface area contributed by atoms with Crippen molar-refractivity contribution in [3.63, 3.8) is 0 Å². The van der Waals surface area contributed by atoms with Crippen molar-refractivity contribution in [2.24, 2.45) is 0 Å². The van der Waals surface area contributed by atoms with Gasteiger partial charge in [0.1, 0.15) is 5.82 Å². The van der Waals surface area contributed by atoms with Crippen LogP contribution in [0.1, 0.15) is 28.5 Å². The van der Waals surface area contributed by atoms with Gasteiger partial charge >= 0.3 is 0 Å². The molecule has 0 bridgehead atoms. The second kappa shape index (κ2) is 4.84. The lowest BCUT2D eigenvalue weighted by Gasteiger charge is -2.14. The maximum Gasteiger partial charge on any atom is 0.125 e. The zero-order valence-electron chi connectivity index (χ0n) is 10.1. The number of nitrogens with zero attached hydrogens (tertiary/aromatic N) is 1. The standard InChI is InChI=1S/C13H15FN2S/c1-8(13-9(2)17-10(3)16-13)15-12-6-4-5-11(14)7-12/h4-8,15H,1-3H3. The lowest BCUT2D eigenvalue weighted by molar-refractivity contribution is 0.628. The number of rotatable bonds is 3. The van der Waals surface area contributed by atoms with Crippen molar-refractivity contribution in [1.82, 2.24) is 4.98 Å². The first-order valence-corrected chi connectivity index (χ1v) is 6.34. The highest BCUT2D eigenvalue weighted by Crippen LogP contribution is 2.25. The fourth-order valence-electron chi connectivity index (χ4n) is 1.84. The van der Waals surface area contributed by atoms with E-state index >= 15 is 0 Å². The fraction of sp³-hybridized carbons (Fsp3) is 0.308. The zero-order valence-corrected chi connectivity index (χ0v) is 10.9. The first-order chi connectivity index (χ1) is 8.06. The Bertz CT molecular complexity index is 522. The molecule has 0 aliphatic heterocycles. The van der Waals surface area contributed by atoms with Gasteiger partial charge < -0.3 is 5.32 Å². The molecule has 1 N–H and O–H groups in total. The van der Waals surface area contributed by atoms with Gasteiger partial charge in [0.05, 0.1) is 16.7 Å². The summed E-state index contributed by atoms with van der Waals surface area (Å²) in [4.78, 5) is 5.70. The monoisotopic (exact) mass is 250 g/mol. The van der Waals surface area contributed by atoms with E-state index in [9.17, 15) is 4.39 Å². The van der Waals surface area contributed by atoms with Crippen LogP contribution in [0.15, 0.2) is 24.3 Å². The summed E-state index contributed by atoms with van der Waals surface area (Å²) in [5, 5.41) is 4.32. The molecule has 2 rings (SSSR count). The fourth-order valence-corrected chi connectivity index (χ4v) is 2.76. The third-order valence-electron chi connectivity index (χ3n) is 2.56. The topological polar surface area (TPSA) is 24.9 Å². The molecule has 4 heteroatoms. The number of hydrogen-bond acceptors (Lipinski definition) is 3. The van der Waals surface area contributed by atoms with E-state index in [1.807, 2.05) is 19.9 Å². The van der Waals surface area contributed by atoms with E-state index in [-0.39, 0.29) is 11.9 Å². The molecule has 2 aromatic rings. The SMILES string of the molecule is Cc1nc(C(C)Nc2cccc(F)c2)c(C)s1. The van der Waals surface area contributed by atoms with Gasteiger partial charge in [-0.15, -0.1) is 11.3 Å². The molecule has 0 aliphatic rings.